The topological polar surface area (TPSA) is 23.4 Å². The number of rotatable bonds is 6. The molecule has 1 heterocycles. The standard InChI is InChI=1S/C10H17NO2/c1-3-12-10(13-4-2)9-11-7-5-6-8-11/h5-8,10H,3-4,9H2,1-2H3. The maximum atomic E-state index is 5.41. The van der Waals surface area contributed by atoms with Crippen LogP contribution < -0.4 is 0 Å². The lowest BCUT2D eigenvalue weighted by Crippen LogP contribution is -2.22. The van der Waals surface area contributed by atoms with Crippen molar-refractivity contribution < 1.29 is 9.47 Å². The summed E-state index contributed by atoms with van der Waals surface area (Å²) < 4.78 is 12.9. The highest BCUT2D eigenvalue weighted by Gasteiger charge is 2.07. The van der Waals surface area contributed by atoms with E-state index in [1.165, 1.54) is 0 Å². The van der Waals surface area contributed by atoms with Gasteiger partial charge < -0.3 is 14.0 Å². The van der Waals surface area contributed by atoms with Gasteiger partial charge in [-0.3, -0.25) is 0 Å². The molecule has 1 aromatic heterocycles. The van der Waals surface area contributed by atoms with Gasteiger partial charge in [0, 0.05) is 25.6 Å². The molecule has 1 aromatic rings. The van der Waals surface area contributed by atoms with Crippen LogP contribution >= 0.6 is 0 Å². The minimum absolute atomic E-state index is 0.123. The molecule has 0 aliphatic heterocycles. The van der Waals surface area contributed by atoms with Gasteiger partial charge in [-0.2, -0.15) is 0 Å². The first-order valence-corrected chi connectivity index (χ1v) is 4.70. The summed E-state index contributed by atoms with van der Waals surface area (Å²) in [5, 5.41) is 0. The fourth-order valence-corrected chi connectivity index (χ4v) is 1.19. The number of aromatic nitrogens is 1. The van der Waals surface area contributed by atoms with Crippen LogP contribution in [0.15, 0.2) is 24.5 Å². The molecule has 0 aliphatic rings. The van der Waals surface area contributed by atoms with Crippen molar-refractivity contribution in [2.75, 3.05) is 13.2 Å². The van der Waals surface area contributed by atoms with E-state index < -0.39 is 0 Å². The molecule has 0 unspecified atom stereocenters. The smallest absolute Gasteiger partial charge is 0.175 e. The molecule has 1 rings (SSSR count). The third-order valence-corrected chi connectivity index (χ3v) is 1.73. The van der Waals surface area contributed by atoms with Crippen molar-refractivity contribution in [3.05, 3.63) is 24.5 Å². The number of hydrogen-bond acceptors (Lipinski definition) is 2. The first kappa shape index (κ1) is 10.3. The summed E-state index contributed by atoms with van der Waals surface area (Å²) in [4.78, 5) is 0. The van der Waals surface area contributed by atoms with Crippen LogP contribution in [0, 0.1) is 0 Å². The number of nitrogens with zero attached hydrogens (tertiary/aromatic N) is 1. The predicted molar refractivity (Wildman–Crippen MR) is 51.5 cm³/mol. The highest BCUT2D eigenvalue weighted by Crippen LogP contribution is 2.00. The summed E-state index contributed by atoms with van der Waals surface area (Å²) in [7, 11) is 0. The molecule has 0 amide bonds. The third-order valence-electron chi connectivity index (χ3n) is 1.73. The van der Waals surface area contributed by atoms with Crippen molar-refractivity contribution in [2.45, 2.75) is 26.7 Å². The van der Waals surface area contributed by atoms with E-state index in [-0.39, 0.29) is 6.29 Å². The lowest BCUT2D eigenvalue weighted by atomic mass is 10.6. The Hall–Kier alpha value is -0.800. The molecule has 0 aromatic carbocycles. The van der Waals surface area contributed by atoms with Crippen molar-refractivity contribution in [1.29, 1.82) is 0 Å². The molecule has 3 nitrogen and oxygen atoms in total. The summed E-state index contributed by atoms with van der Waals surface area (Å²) in [6.45, 7) is 6.08. The zero-order valence-corrected chi connectivity index (χ0v) is 8.27. The Bertz CT molecular complexity index is 203. The van der Waals surface area contributed by atoms with Gasteiger partial charge in [0.25, 0.3) is 0 Å². The molecule has 0 bridgehead atoms. The summed E-state index contributed by atoms with van der Waals surface area (Å²) >= 11 is 0. The van der Waals surface area contributed by atoms with Crippen molar-refractivity contribution in [3.8, 4) is 0 Å². The van der Waals surface area contributed by atoms with Gasteiger partial charge in [0.1, 0.15) is 0 Å². The van der Waals surface area contributed by atoms with Crippen LogP contribution in [0.2, 0.25) is 0 Å². The fourth-order valence-electron chi connectivity index (χ4n) is 1.19. The zero-order chi connectivity index (χ0) is 9.52. The normalized spacial score (nSPS) is 11.0. The number of ether oxygens (including phenoxy) is 2. The second-order valence-electron chi connectivity index (χ2n) is 2.72. The van der Waals surface area contributed by atoms with Gasteiger partial charge in [-0.05, 0) is 26.0 Å². The summed E-state index contributed by atoms with van der Waals surface area (Å²) in [5.74, 6) is 0. The highest BCUT2D eigenvalue weighted by atomic mass is 16.7. The first-order valence-electron chi connectivity index (χ1n) is 4.70. The molecule has 3 heteroatoms. The summed E-state index contributed by atoms with van der Waals surface area (Å²) in [6, 6.07) is 3.99. The largest absolute Gasteiger partial charge is 0.351 e. The molecule has 0 aliphatic carbocycles. The van der Waals surface area contributed by atoms with E-state index in [1.54, 1.807) is 0 Å². The van der Waals surface area contributed by atoms with Crippen LogP contribution in [0.3, 0.4) is 0 Å². The molecule has 74 valence electrons. The summed E-state index contributed by atoms with van der Waals surface area (Å²) in [6.07, 6.45) is 3.89. The average molecular weight is 183 g/mol. The molecular formula is C10H17NO2. The summed E-state index contributed by atoms with van der Waals surface area (Å²) in [5.41, 5.74) is 0. The van der Waals surface area contributed by atoms with Crippen LogP contribution in [0.4, 0.5) is 0 Å². The van der Waals surface area contributed by atoms with Crippen molar-refractivity contribution >= 4 is 0 Å². The minimum atomic E-state index is -0.123. The van der Waals surface area contributed by atoms with Crippen molar-refractivity contribution in [3.63, 3.8) is 0 Å². The molecule has 13 heavy (non-hydrogen) atoms. The van der Waals surface area contributed by atoms with E-state index in [0.717, 1.165) is 6.54 Å². The first-order chi connectivity index (χ1) is 6.36. The van der Waals surface area contributed by atoms with Crippen molar-refractivity contribution in [2.24, 2.45) is 0 Å². The zero-order valence-electron chi connectivity index (χ0n) is 8.27. The Morgan fingerprint density at radius 1 is 1.08 bits per heavy atom. The molecule has 0 atom stereocenters. The van der Waals surface area contributed by atoms with E-state index >= 15 is 0 Å². The maximum Gasteiger partial charge on any atom is 0.175 e. The van der Waals surface area contributed by atoms with Gasteiger partial charge >= 0.3 is 0 Å². The van der Waals surface area contributed by atoms with Crippen molar-refractivity contribution in [1.82, 2.24) is 4.57 Å². The van der Waals surface area contributed by atoms with E-state index in [9.17, 15) is 0 Å². The second-order valence-corrected chi connectivity index (χ2v) is 2.72. The molecular weight excluding hydrogens is 166 g/mol. The van der Waals surface area contributed by atoms with Crippen LogP contribution in [-0.2, 0) is 16.0 Å². The monoisotopic (exact) mass is 183 g/mol. The lowest BCUT2D eigenvalue weighted by molar-refractivity contribution is -0.143. The maximum absolute atomic E-state index is 5.41. The van der Waals surface area contributed by atoms with Gasteiger partial charge in [-0.1, -0.05) is 0 Å². The van der Waals surface area contributed by atoms with E-state index in [0.29, 0.717) is 13.2 Å². The van der Waals surface area contributed by atoms with Crippen LogP contribution in [0.25, 0.3) is 0 Å². The lowest BCUT2D eigenvalue weighted by Gasteiger charge is -2.17. The fraction of sp³-hybridized carbons (Fsp3) is 0.600. The van der Waals surface area contributed by atoms with Gasteiger partial charge in [-0.15, -0.1) is 0 Å². The minimum Gasteiger partial charge on any atom is -0.351 e. The van der Waals surface area contributed by atoms with Gasteiger partial charge in [0.05, 0.1) is 6.54 Å². The Balaban J connectivity index is 2.37. The van der Waals surface area contributed by atoms with E-state index in [4.69, 9.17) is 9.47 Å². The van der Waals surface area contributed by atoms with Gasteiger partial charge in [0.2, 0.25) is 0 Å². The second kappa shape index (κ2) is 5.78. The van der Waals surface area contributed by atoms with Crippen LogP contribution in [-0.4, -0.2) is 24.1 Å². The van der Waals surface area contributed by atoms with Gasteiger partial charge in [0.15, 0.2) is 6.29 Å². The molecule has 0 spiro atoms. The highest BCUT2D eigenvalue weighted by molar-refractivity contribution is 4.90. The van der Waals surface area contributed by atoms with E-state index in [2.05, 4.69) is 4.57 Å². The molecule has 0 saturated carbocycles. The Kier molecular flexibility index (Phi) is 4.57. The Morgan fingerprint density at radius 3 is 2.08 bits per heavy atom. The Labute approximate surface area is 79.3 Å². The van der Waals surface area contributed by atoms with E-state index in [1.807, 2.05) is 38.4 Å². The van der Waals surface area contributed by atoms with Crippen LogP contribution in [0.1, 0.15) is 13.8 Å². The number of hydrogen-bond donors (Lipinski definition) is 0. The average Bonchev–Trinajstić information content (AvgIpc) is 2.58. The third kappa shape index (κ3) is 3.61. The van der Waals surface area contributed by atoms with Gasteiger partial charge in [-0.25, -0.2) is 0 Å². The molecule has 0 N–H and O–H groups in total. The molecule has 0 fully saturated rings. The van der Waals surface area contributed by atoms with Crippen LogP contribution in [0.5, 0.6) is 0 Å². The molecule has 0 saturated heterocycles. The SMILES string of the molecule is CCOC(Cn1cccc1)OCC. The predicted octanol–water partition coefficient (Wildman–Crippen LogP) is 1.89. The Morgan fingerprint density at radius 2 is 1.62 bits per heavy atom. The molecule has 0 radical (unpaired) electrons. The quantitative estimate of drug-likeness (QED) is 0.629.